The Bertz CT molecular complexity index is 1820. The van der Waals surface area contributed by atoms with Crippen LogP contribution in [0.5, 0.6) is 0 Å². The average Bonchev–Trinajstić information content (AvgIpc) is 3.24. The molecule has 0 aromatic heterocycles. The van der Waals surface area contributed by atoms with E-state index in [1.807, 2.05) is 0 Å². The largest absolute Gasteiger partial charge is 0.399 e. The molecule has 1 aliphatic heterocycles. The molecule has 0 spiro atoms. The zero-order chi connectivity index (χ0) is 32.1. The summed E-state index contributed by atoms with van der Waals surface area (Å²) in [6, 6.07) is 9.15. The number of anilines is 1. The highest BCUT2D eigenvalue weighted by Gasteiger charge is 2.35. The molecule has 0 fully saturated rings. The fraction of sp³-hybridized carbons (Fsp3) is 0.364. The minimum atomic E-state index is -4.29. The van der Waals surface area contributed by atoms with Crippen LogP contribution in [-0.4, -0.2) is 90.3 Å². The first-order chi connectivity index (χ1) is 20.0. The van der Waals surface area contributed by atoms with Crippen LogP contribution in [0.2, 0.25) is 0 Å². The number of nitrogens with zero attached hydrogens (tertiary/aromatic N) is 4. The summed E-state index contributed by atoms with van der Waals surface area (Å²) in [4.78, 5) is 12.7. The van der Waals surface area contributed by atoms with Gasteiger partial charge in [-0.15, -0.1) is 0 Å². The molecule has 0 aliphatic carbocycles. The van der Waals surface area contributed by atoms with Crippen LogP contribution in [0, 0.1) is 0 Å². The highest BCUT2D eigenvalue weighted by Crippen LogP contribution is 2.26. The van der Waals surface area contributed by atoms with Crippen molar-refractivity contribution in [1.82, 2.24) is 0 Å². The van der Waals surface area contributed by atoms with Crippen molar-refractivity contribution in [2.75, 3.05) is 43.9 Å². The Morgan fingerprint density at radius 3 is 1.63 bits per heavy atom. The van der Waals surface area contributed by atoms with E-state index >= 15 is 0 Å². The maximum absolute atomic E-state index is 13.0. The van der Waals surface area contributed by atoms with Gasteiger partial charge in [0.2, 0.25) is 0 Å². The van der Waals surface area contributed by atoms with Crippen molar-refractivity contribution in [3.05, 3.63) is 48.5 Å². The first kappa shape index (κ1) is 34.3. The van der Waals surface area contributed by atoms with Crippen LogP contribution in [0.1, 0.15) is 6.92 Å². The van der Waals surface area contributed by atoms with Crippen molar-refractivity contribution in [1.29, 1.82) is 0 Å². The molecule has 1 amide bonds. The Morgan fingerprint density at radius 1 is 0.744 bits per heavy atom. The van der Waals surface area contributed by atoms with E-state index in [9.17, 15) is 38.5 Å². The number of azo groups is 1. The second-order valence-corrected chi connectivity index (χ2v) is 15.4. The van der Waals surface area contributed by atoms with Gasteiger partial charge in [0.15, 0.2) is 25.7 Å². The zero-order valence-corrected chi connectivity index (χ0v) is 26.0. The van der Waals surface area contributed by atoms with Crippen LogP contribution >= 0.6 is 0 Å². The third-order valence-electron chi connectivity index (χ3n) is 5.59. The number of sulfone groups is 2. The van der Waals surface area contributed by atoms with E-state index in [4.69, 9.17) is 0 Å². The molecule has 0 radical (unpaired) electrons. The second kappa shape index (κ2) is 13.6. The Kier molecular flexibility index (Phi) is 10.9. The molecule has 1 atom stereocenters. The van der Waals surface area contributed by atoms with E-state index in [0.29, 0.717) is 0 Å². The molecule has 0 saturated carbocycles. The van der Waals surface area contributed by atoms with E-state index in [2.05, 4.69) is 32.1 Å². The summed E-state index contributed by atoms with van der Waals surface area (Å²) in [5, 5.41) is 13.2. The molecule has 2 aromatic rings. The summed E-state index contributed by atoms with van der Waals surface area (Å²) in [6.45, 7) is 0.236. The summed E-state index contributed by atoms with van der Waals surface area (Å²) >= 11 is 0. The van der Waals surface area contributed by atoms with Crippen LogP contribution in [0.4, 0.5) is 11.4 Å². The van der Waals surface area contributed by atoms with Gasteiger partial charge in [-0.2, -0.15) is 37.2 Å². The maximum atomic E-state index is 13.0. The van der Waals surface area contributed by atoms with Gasteiger partial charge in [-0.1, -0.05) is 0 Å². The van der Waals surface area contributed by atoms with Crippen LogP contribution in [-0.2, 0) is 62.0 Å². The van der Waals surface area contributed by atoms with E-state index in [1.54, 1.807) is 0 Å². The van der Waals surface area contributed by atoms with Gasteiger partial charge in [-0.05, 0) is 55.5 Å². The molecule has 2 aromatic carbocycles. The molecule has 236 valence electrons. The monoisotopic (exact) mass is 682 g/mol. The van der Waals surface area contributed by atoms with Gasteiger partial charge >= 0.3 is 20.8 Å². The molecular weight excluding hydrogens is 657 g/mol. The van der Waals surface area contributed by atoms with Crippen molar-refractivity contribution < 1.29 is 55.2 Å². The lowest BCUT2D eigenvalue weighted by Gasteiger charge is -2.13. The van der Waals surface area contributed by atoms with Crippen LogP contribution in [0.3, 0.4) is 0 Å². The summed E-state index contributed by atoms with van der Waals surface area (Å²) in [6.07, 6.45) is 0. The molecule has 0 saturated heterocycles. The highest BCUT2D eigenvalue weighted by atomic mass is 32.3. The first-order valence-corrected chi connectivity index (χ1v) is 17.8. The third kappa shape index (κ3) is 9.15. The normalized spacial score (nSPS) is 16.6. The summed E-state index contributed by atoms with van der Waals surface area (Å²) in [5.41, 5.74) is 0.733. The Morgan fingerprint density at radius 2 is 1.19 bits per heavy atom. The lowest BCUT2D eigenvalue weighted by molar-refractivity contribution is -0.117. The van der Waals surface area contributed by atoms with Crippen LogP contribution in [0.25, 0.3) is 0 Å². The molecule has 1 aliphatic rings. The fourth-order valence-electron chi connectivity index (χ4n) is 3.34. The molecule has 17 nitrogen and oxygen atoms in total. The summed E-state index contributed by atoms with van der Waals surface area (Å²) < 4.78 is 111. The number of hydrazone groups is 1. The zero-order valence-electron chi connectivity index (χ0n) is 22.8. The molecule has 43 heavy (non-hydrogen) atoms. The quantitative estimate of drug-likeness (QED) is 0.238. The van der Waals surface area contributed by atoms with Crippen molar-refractivity contribution in [2.24, 2.45) is 15.3 Å². The van der Waals surface area contributed by atoms with Crippen molar-refractivity contribution in [2.45, 2.75) is 22.8 Å². The minimum absolute atomic E-state index is 0.122. The Balaban J connectivity index is 1.64. The Labute approximate surface area is 248 Å². The number of carbonyl (C=O) groups is 1. The number of amides is 1. The minimum Gasteiger partial charge on any atom is -0.269 e. The maximum Gasteiger partial charge on any atom is 0.399 e. The molecule has 1 heterocycles. The molecule has 0 N–H and O–H groups in total. The van der Waals surface area contributed by atoms with Gasteiger partial charge in [-0.25, -0.2) is 25.2 Å². The van der Waals surface area contributed by atoms with Crippen LogP contribution in [0.15, 0.2) is 73.7 Å². The van der Waals surface area contributed by atoms with Gasteiger partial charge in [0.05, 0.1) is 65.8 Å². The standard InChI is InChI=1S/C22H26N4O13S4/c1-16-21(24-23-17-4-8-19(9-5-17)40(28,29)14-12-38-42(32,33)36-2)22(27)26(25-16)18-6-10-20(11-7-18)41(30,31)15-13-39-43(34,35)37-3/h4-11,21H,12-15H2,1-3H3. The molecular formula is C22H26N4O13S4. The smallest absolute Gasteiger partial charge is 0.269 e. The summed E-state index contributed by atoms with van der Waals surface area (Å²) in [7, 11) is -14.6. The first-order valence-electron chi connectivity index (χ1n) is 11.9. The van der Waals surface area contributed by atoms with Gasteiger partial charge in [-0.3, -0.25) is 13.2 Å². The van der Waals surface area contributed by atoms with E-state index in [1.165, 1.54) is 55.5 Å². The topological polar surface area (TPSA) is 231 Å². The van der Waals surface area contributed by atoms with E-state index in [0.717, 1.165) is 19.2 Å². The SMILES string of the molecule is COS(=O)(=O)OCCS(=O)(=O)c1ccc(N=NC2C(=O)N(c3ccc(S(=O)(=O)CCOS(=O)(=O)OC)cc3)N=C2C)cc1. The molecule has 1 unspecified atom stereocenters. The van der Waals surface area contributed by atoms with Crippen molar-refractivity contribution >= 4 is 63.5 Å². The number of carbonyl (C=O) groups excluding carboxylic acids is 1. The third-order valence-corrected chi connectivity index (χ3v) is 10.7. The predicted octanol–water partition coefficient (Wildman–Crippen LogP) is 0.925. The number of hydrogen-bond donors (Lipinski definition) is 0. The molecule has 0 bridgehead atoms. The van der Waals surface area contributed by atoms with Crippen molar-refractivity contribution in [3.63, 3.8) is 0 Å². The predicted molar refractivity (Wildman–Crippen MR) is 150 cm³/mol. The van der Waals surface area contributed by atoms with Gasteiger partial charge in [0.1, 0.15) is 0 Å². The van der Waals surface area contributed by atoms with Gasteiger partial charge < -0.3 is 0 Å². The van der Waals surface area contributed by atoms with E-state index in [-0.39, 0.29) is 26.9 Å². The molecule has 21 heteroatoms. The van der Waals surface area contributed by atoms with Gasteiger partial charge in [0.25, 0.3) is 5.91 Å². The van der Waals surface area contributed by atoms with Gasteiger partial charge in [0, 0.05) is 0 Å². The number of rotatable bonds is 15. The van der Waals surface area contributed by atoms with Crippen molar-refractivity contribution in [3.8, 4) is 0 Å². The van der Waals surface area contributed by atoms with E-state index < -0.39 is 77.1 Å². The fourth-order valence-corrected chi connectivity index (χ4v) is 6.49. The lowest BCUT2D eigenvalue weighted by Crippen LogP contribution is -2.29. The van der Waals surface area contributed by atoms with Crippen LogP contribution < -0.4 is 5.01 Å². The number of benzene rings is 2. The summed E-state index contributed by atoms with van der Waals surface area (Å²) in [5.74, 6) is -1.85. The number of hydrogen-bond acceptors (Lipinski definition) is 16. The second-order valence-electron chi connectivity index (χ2n) is 8.43. The molecule has 3 rings (SSSR count). The Hall–Kier alpha value is -3.18. The average molecular weight is 683 g/mol. The highest BCUT2D eigenvalue weighted by molar-refractivity contribution is 7.91. The lowest BCUT2D eigenvalue weighted by atomic mass is 10.2.